The standard InChI is InChI=1S/C17H23N3O3/c1-3-9-20(4-2)16-8-7-13(11-18-16)17(22)19-14(12-21)15-6-5-10-23-15/h5-8,10-11,14,21H,3-4,9,12H2,1-2H3,(H,19,22). The van der Waals surface area contributed by atoms with E-state index in [1.54, 1.807) is 24.4 Å². The maximum absolute atomic E-state index is 12.3. The molecule has 0 aromatic carbocycles. The second kappa shape index (κ2) is 8.33. The summed E-state index contributed by atoms with van der Waals surface area (Å²) < 4.78 is 5.22. The van der Waals surface area contributed by atoms with E-state index in [2.05, 4.69) is 29.0 Å². The Bertz CT molecular complexity index is 596. The first-order valence-electron chi connectivity index (χ1n) is 7.85. The van der Waals surface area contributed by atoms with Gasteiger partial charge in [-0.15, -0.1) is 0 Å². The minimum Gasteiger partial charge on any atom is -0.467 e. The summed E-state index contributed by atoms with van der Waals surface area (Å²) >= 11 is 0. The lowest BCUT2D eigenvalue weighted by molar-refractivity contribution is 0.0907. The van der Waals surface area contributed by atoms with E-state index < -0.39 is 6.04 Å². The number of aliphatic hydroxyl groups excluding tert-OH is 1. The molecule has 6 heteroatoms. The quantitative estimate of drug-likeness (QED) is 0.781. The largest absolute Gasteiger partial charge is 0.467 e. The number of furan rings is 1. The molecule has 0 saturated carbocycles. The minimum atomic E-state index is -0.565. The number of aliphatic hydroxyl groups is 1. The molecule has 0 saturated heterocycles. The monoisotopic (exact) mass is 317 g/mol. The van der Waals surface area contributed by atoms with E-state index in [4.69, 9.17) is 4.42 Å². The number of anilines is 1. The number of carbonyl (C=O) groups excluding carboxylic acids is 1. The van der Waals surface area contributed by atoms with Crippen LogP contribution in [0.5, 0.6) is 0 Å². The third-order valence-electron chi connectivity index (χ3n) is 3.58. The lowest BCUT2D eigenvalue weighted by Crippen LogP contribution is -2.31. The molecule has 2 aromatic heterocycles. The summed E-state index contributed by atoms with van der Waals surface area (Å²) in [6.07, 6.45) is 4.10. The van der Waals surface area contributed by atoms with Crippen LogP contribution < -0.4 is 10.2 Å². The molecular weight excluding hydrogens is 294 g/mol. The maximum Gasteiger partial charge on any atom is 0.253 e. The van der Waals surface area contributed by atoms with Crippen molar-refractivity contribution in [2.75, 3.05) is 24.6 Å². The van der Waals surface area contributed by atoms with Gasteiger partial charge in [0.2, 0.25) is 0 Å². The van der Waals surface area contributed by atoms with Crippen molar-refractivity contribution in [1.29, 1.82) is 0 Å². The first-order chi connectivity index (χ1) is 11.2. The van der Waals surface area contributed by atoms with Gasteiger partial charge in [0.25, 0.3) is 5.91 Å². The van der Waals surface area contributed by atoms with Crippen molar-refractivity contribution in [2.24, 2.45) is 0 Å². The third-order valence-corrected chi connectivity index (χ3v) is 3.58. The zero-order valence-electron chi connectivity index (χ0n) is 13.5. The maximum atomic E-state index is 12.3. The number of aromatic nitrogens is 1. The number of carbonyl (C=O) groups is 1. The van der Waals surface area contributed by atoms with Crippen molar-refractivity contribution in [3.05, 3.63) is 48.0 Å². The van der Waals surface area contributed by atoms with Crippen LogP contribution in [0.1, 0.15) is 42.4 Å². The molecule has 2 rings (SSSR count). The highest BCUT2D eigenvalue weighted by Crippen LogP contribution is 2.15. The highest BCUT2D eigenvalue weighted by Gasteiger charge is 2.17. The van der Waals surface area contributed by atoms with Crippen LogP contribution in [0.2, 0.25) is 0 Å². The molecule has 1 unspecified atom stereocenters. The van der Waals surface area contributed by atoms with Crippen LogP contribution in [-0.2, 0) is 0 Å². The van der Waals surface area contributed by atoms with Gasteiger partial charge in [0, 0.05) is 19.3 Å². The fraction of sp³-hybridized carbons (Fsp3) is 0.412. The summed E-state index contributed by atoms with van der Waals surface area (Å²) in [6, 6.07) is 6.45. The van der Waals surface area contributed by atoms with E-state index in [0.29, 0.717) is 11.3 Å². The van der Waals surface area contributed by atoms with Gasteiger partial charge in [-0.05, 0) is 37.6 Å². The summed E-state index contributed by atoms with van der Waals surface area (Å²) in [7, 11) is 0. The molecule has 124 valence electrons. The van der Waals surface area contributed by atoms with Gasteiger partial charge >= 0.3 is 0 Å². The Hall–Kier alpha value is -2.34. The summed E-state index contributed by atoms with van der Waals surface area (Å²) in [4.78, 5) is 18.8. The number of hydrogen-bond donors (Lipinski definition) is 2. The van der Waals surface area contributed by atoms with Crippen LogP contribution in [-0.4, -0.2) is 35.7 Å². The lowest BCUT2D eigenvalue weighted by Gasteiger charge is -2.21. The third kappa shape index (κ3) is 4.32. The highest BCUT2D eigenvalue weighted by atomic mass is 16.3. The normalized spacial score (nSPS) is 12.0. The van der Waals surface area contributed by atoms with Crippen LogP contribution in [0.25, 0.3) is 0 Å². The Labute approximate surface area is 136 Å². The van der Waals surface area contributed by atoms with Crippen LogP contribution in [0, 0.1) is 0 Å². The van der Waals surface area contributed by atoms with Gasteiger partial charge < -0.3 is 19.7 Å². The van der Waals surface area contributed by atoms with Crippen molar-refractivity contribution in [3.8, 4) is 0 Å². The number of nitrogens with one attached hydrogen (secondary N) is 1. The number of nitrogens with zero attached hydrogens (tertiary/aromatic N) is 2. The molecule has 0 radical (unpaired) electrons. The number of amides is 1. The molecule has 1 atom stereocenters. The minimum absolute atomic E-state index is 0.231. The van der Waals surface area contributed by atoms with Gasteiger partial charge in [0.15, 0.2) is 0 Å². The van der Waals surface area contributed by atoms with E-state index >= 15 is 0 Å². The summed E-state index contributed by atoms with van der Waals surface area (Å²) in [5, 5.41) is 12.1. The van der Waals surface area contributed by atoms with Gasteiger partial charge in [-0.25, -0.2) is 4.98 Å². The van der Waals surface area contributed by atoms with E-state index in [1.165, 1.54) is 6.26 Å². The SMILES string of the molecule is CCCN(CC)c1ccc(C(=O)NC(CO)c2ccco2)cn1. The Kier molecular flexibility index (Phi) is 6.17. The first kappa shape index (κ1) is 17.0. The summed E-state index contributed by atoms with van der Waals surface area (Å²) in [5.41, 5.74) is 0.450. The predicted molar refractivity (Wildman–Crippen MR) is 88.4 cm³/mol. The summed E-state index contributed by atoms with van der Waals surface area (Å²) in [5.74, 6) is 1.08. The molecule has 6 nitrogen and oxygen atoms in total. The number of hydrogen-bond acceptors (Lipinski definition) is 5. The molecule has 0 aliphatic heterocycles. The number of pyridine rings is 1. The summed E-state index contributed by atoms with van der Waals surface area (Å²) in [6.45, 7) is 5.77. The fourth-order valence-electron chi connectivity index (χ4n) is 2.35. The Morgan fingerprint density at radius 2 is 2.22 bits per heavy atom. The van der Waals surface area contributed by atoms with E-state index in [1.807, 2.05) is 6.07 Å². The molecule has 2 N–H and O–H groups in total. The Balaban J connectivity index is 2.05. The highest BCUT2D eigenvalue weighted by molar-refractivity contribution is 5.94. The molecular formula is C17H23N3O3. The van der Waals surface area contributed by atoms with Crippen molar-refractivity contribution >= 4 is 11.7 Å². The molecule has 0 aliphatic rings. The molecule has 2 aromatic rings. The van der Waals surface area contributed by atoms with Crippen LogP contribution >= 0.6 is 0 Å². The fourth-order valence-corrected chi connectivity index (χ4v) is 2.35. The van der Waals surface area contributed by atoms with Crippen molar-refractivity contribution in [2.45, 2.75) is 26.3 Å². The van der Waals surface area contributed by atoms with Crippen molar-refractivity contribution in [3.63, 3.8) is 0 Å². The van der Waals surface area contributed by atoms with Gasteiger partial charge in [-0.3, -0.25) is 4.79 Å². The number of rotatable bonds is 8. The van der Waals surface area contributed by atoms with E-state index in [9.17, 15) is 9.90 Å². The van der Waals surface area contributed by atoms with Gasteiger partial charge in [-0.1, -0.05) is 6.92 Å². The molecule has 0 spiro atoms. The predicted octanol–water partition coefficient (Wildman–Crippen LogP) is 2.37. The second-order valence-corrected chi connectivity index (χ2v) is 5.21. The van der Waals surface area contributed by atoms with Crippen LogP contribution in [0.3, 0.4) is 0 Å². The lowest BCUT2D eigenvalue weighted by atomic mass is 10.2. The molecule has 0 fully saturated rings. The van der Waals surface area contributed by atoms with Gasteiger partial charge in [-0.2, -0.15) is 0 Å². The van der Waals surface area contributed by atoms with E-state index in [0.717, 1.165) is 25.3 Å². The smallest absolute Gasteiger partial charge is 0.253 e. The van der Waals surface area contributed by atoms with Gasteiger partial charge in [0.1, 0.15) is 17.6 Å². The first-order valence-corrected chi connectivity index (χ1v) is 7.85. The zero-order chi connectivity index (χ0) is 16.7. The van der Waals surface area contributed by atoms with Crippen LogP contribution in [0.4, 0.5) is 5.82 Å². The average Bonchev–Trinajstić information content (AvgIpc) is 3.12. The average molecular weight is 317 g/mol. The van der Waals surface area contributed by atoms with E-state index in [-0.39, 0.29) is 12.5 Å². The molecule has 0 aliphatic carbocycles. The van der Waals surface area contributed by atoms with Gasteiger partial charge in [0.05, 0.1) is 18.4 Å². The molecule has 0 bridgehead atoms. The zero-order valence-corrected chi connectivity index (χ0v) is 13.5. The van der Waals surface area contributed by atoms with Crippen molar-refractivity contribution in [1.82, 2.24) is 10.3 Å². The molecule has 23 heavy (non-hydrogen) atoms. The van der Waals surface area contributed by atoms with Crippen molar-refractivity contribution < 1.29 is 14.3 Å². The van der Waals surface area contributed by atoms with Crippen LogP contribution in [0.15, 0.2) is 41.1 Å². The molecule has 1 amide bonds. The molecule has 2 heterocycles. The second-order valence-electron chi connectivity index (χ2n) is 5.21. The Morgan fingerprint density at radius 1 is 1.39 bits per heavy atom. The topological polar surface area (TPSA) is 78.6 Å². The Morgan fingerprint density at radius 3 is 2.74 bits per heavy atom.